The number of hydrogen-bond acceptors (Lipinski definition) is 4. The van der Waals surface area contributed by atoms with Crippen LogP contribution in [0, 0.1) is 0 Å². The van der Waals surface area contributed by atoms with Crippen LogP contribution in [0.1, 0.15) is 19.3 Å². The van der Waals surface area contributed by atoms with Gasteiger partial charge in [0.05, 0.1) is 17.4 Å². The fraction of sp³-hybridized carbons (Fsp3) is 0.889. The average Bonchev–Trinajstić information content (AvgIpc) is 2.18. The first-order valence-corrected chi connectivity index (χ1v) is 4.87. The van der Waals surface area contributed by atoms with Gasteiger partial charge in [0.2, 0.25) is 0 Å². The molecule has 1 fully saturated rings. The Labute approximate surface area is 84.1 Å². The van der Waals surface area contributed by atoms with Crippen LogP contribution in [-0.4, -0.2) is 37.6 Å². The van der Waals surface area contributed by atoms with Gasteiger partial charge >= 0.3 is 0 Å². The largest absolute Gasteiger partial charge is 0.379 e. The minimum atomic E-state index is 0.0289. The lowest BCUT2D eigenvalue weighted by molar-refractivity contribution is -0.0268. The second-order valence-electron chi connectivity index (χ2n) is 3.19. The predicted octanol–water partition coefficient (Wildman–Crippen LogP) is 1.67. The molecule has 0 bridgehead atoms. The van der Waals surface area contributed by atoms with Crippen molar-refractivity contribution in [2.75, 3.05) is 14.2 Å². The highest BCUT2D eigenvalue weighted by Crippen LogP contribution is 2.25. The van der Waals surface area contributed by atoms with Crippen molar-refractivity contribution in [3.05, 3.63) is 0 Å². The highest BCUT2D eigenvalue weighted by molar-refractivity contribution is 7.78. The van der Waals surface area contributed by atoms with E-state index in [1.165, 1.54) is 0 Å². The number of methoxy groups -OCH3 is 2. The minimum Gasteiger partial charge on any atom is -0.379 e. The molecule has 4 heteroatoms. The maximum Gasteiger partial charge on any atom is 0.112 e. The van der Waals surface area contributed by atoms with Crippen molar-refractivity contribution in [3.8, 4) is 0 Å². The highest BCUT2D eigenvalue weighted by Gasteiger charge is 2.33. The maximum atomic E-state index is 5.33. The number of aliphatic imine (C=N–C) groups is 1. The van der Waals surface area contributed by atoms with E-state index in [-0.39, 0.29) is 18.2 Å². The summed E-state index contributed by atoms with van der Waals surface area (Å²) in [6.45, 7) is 0. The Morgan fingerprint density at radius 3 is 2.15 bits per heavy atom. The molecule has 0 aromatic rings. The van der Waals surface area contributed by atoms with E-state index >= 15 is 0 Å². The van der Waals surface area contributed by atoms with E-state index in [9.17, 15) is 0 Å². The number of nitrogens with zero attached hydrogens (tertiary/aromatic N) is 1. The summed E-state index contributed by atoms with van der Waals surface area (Å²) in [5, 5.41) is 2.41. The van der Waals surface area contributed by atoms with Crippen LogP contribution in [0.2, 0.25) is 0 Å². The second-order valence-corrected chi connectivity index (χ2v) is 3.37. The monoisotopic (exact) mass is 201 g/mol. The predicted molar refractivity (Wildman–Crippen MR) is 54.3 cm³/mol. The van der Waals surface area contributed by atoms with Crippen LogP contribution in [-0.2, 0) is 9.47 Å². The fourth-order valence-corrected chi connectivity index (χ4v) is 1.96. The van der Waals surface area contributed by atoms with Crippen LogP contribution in [0.15, 0.2) is 4.99 Å². The Morgan fingerprint density at radius 1 is 1.23 bits per heavy atom. The van der Waals surface area contributed by atoms with Crippen molar-refractivity contribution in [1.29, 1.82) is 0 Å². The molecule has 0 aromatic heterocycles. The topological polar surface area (TPSA) is 30.8 Å². The molecule has 0 spiro atoms. The van der Waals surface area contributed by atoms with Gasteiger partial charge in [0, 0.05) is 14.2 Å². The van der Waals surface area contributed by atoms with Crippen LogP contribution in [0.25, 0.3) is 0 Å². The van der Waals surface area contributed by atoms with Gasteiger partial charge in [-0.15, -0.1) is 0 Å². The molecule has 2 unspecified atom stereocenters. The van der Waals surface area contributed by atoms with E-state index in [1.807, 2.05) is 0 Å². The molecule has 1 rings (SSSR count). The first-order valence-electron chi connectivity index (χ1n) is 4.46. The quantitative estimate of drug-likeness (QED) is 0.514. The molecule has 0 amide bonds. The van der Waals surface area contributed by atoms with Gasteiger partial charge in [-0.25, -0.2) is 4.99 Å². The third kappa shape index (κ3) is 2.58. The van der Waals surface area contributed by atoms with Crippen molar-refractivity contribution in [1.82, 2.24) is 0 Å². The lowest BCUT2D eigenvalue weighted by Crippen LogP contribution is -2.41. The highest BCUT2D eigenvalue weighted by atomic mass is 32.1. The molecule has 0 radical (unpaired) electrons. The third-order valence-electron chi connectivity index (χ3n) is 2.55. The molecule has 0 saturated heterocycles. The van der Waals surface area contributed by atoms with Crippen molar-refractivity contribution < 1.29 is 9.47 Å². The van der Waals surface area contributed by atoms with Gasteiger partial charge in [-0.2, -0.15) is 0 Å². The molecule has 0 aromatic carbocycles. The van der Waals surface area contributed by atoms with Gasteiger partial charge in [-0.3, -0.25) is 0 Å². The van der Waals surface area contributed by atoms with Crippen LogP contribution >= 0.6 is 12.2 Å². The van der Waals surface area contributed by atoms with Gasteiger partial charge in [0.1, 0.15) is 6.04 Å². The van der Waals surface area contributed by atoms with Gasteiger partial charge in [0.25, 0.3) is 0 Å². The van der Waals surface area contributed by atoms with E-state index in [2.05, 4.69) is 22.4 Å². The molecular weight excluding hydrogens is 186 g/mol. The maximum absolute atomic E-state index is 5.33. The van der Waals surface area contributed by atoms with E-state index in [0.29, 0.717) is 0 Å². The molecule has 1 saturated carbocycles. The van der Waals surface area contributed by atoms with Crippen molar-refractivity contribution in [2.24, 2.45) is 4.99 Å². The Morgan fingerprint density at radius 2 is 1.77 bits per heavy atom. The number of rotatable bonds is 3. The SMILES string of the molecule is COC1CCCC(OC)C1N=C=S. The number of ether oxygens (including phenoxy) is 2. The average molecular weight is 201 g/mol. The number of thiocarbonyl (C=S) groups is 1. The van der Waals surface area contributed by atoms with Crippen molar-refractivity contribution >= 4 is 17.4 Å². The molecule has 0 heterocycles. The molecule has 2 atom stereocenters. The summed E-state index contributed by atoms with van der Waals surface area (Å²) in [5.74, 6) is 0. The first-order chi connectivity index (χ1) is 6.33. The van der Waals surface area contributed by atoms with Gasteiger partial charge in [0.15, 0.2) is 0 Å². The normalized spacial score (nSPS) is 33.8. The molecule has 0 N–H and O–H groups in total. The summed E-state index contributed by atoms with van der Waals surface area (Å²) in [5.41, 5.74) is 0. The summed E-state index contributed by atoms with van der Waals surface area (Å²) in [6, 6.07) is 0.0289. The Bertz CT molecular complexity index is 192. The summed E-state index contributed by atoms with van der Waals surface area (Å²) >= 11 is 4.61. The Hall–Kier alpha value is -0.280. The Balaban J connectivity index is 2.69. The molecule has 3 nitrogen and oxygen atoms in total. The molecule has 1 aliphatic rings. The van der Waals surface area contributed by atoms with Crippen molar-refractivity contribution in [3.63, 3.8) is 0 Å². The standard InChI is InChI=1S/C9H15NO2S/c1-11-7-4-3-5-8(12-2)9(7)10-6-13/h7-9H,3-5H2,1-2H3. The molecule has 1 aliphatic carbocycles. The van der Waals surface area contributed by atoms with Crippen LogP contribution < -0.4 is 0 Å². The van der Waals surface area contributed by atoms with Gasteiger partial charge in [-0.1, -0.05) is 0 Å². The number of isothiocyanates is 1. The summed E-state index contributed by atoms with van der Waals surface area (Å²) in [7, 11) is 3.41. The Kier molecular flexibility index (Phi) is 4.53. The third-order valence-corrected chi connectivity index (χ3v) is 2.65. The van der Waals surface area contributed by atoms with Gasteiger partial charge < -0.3 is 9.47 Å². The fourth-order valence-electron chi connectivity index (χ4n) is 1.84. The second kappa shape index (κ2) is 5.45. The summed E-state index contributed by atoms with van der Waals surface area (Å²) in [6.07, 6.45) is 3.45. The van der Waals surface area contributed by atoms with Crippen LogP contribution in [0.5, 0.6) is 0 Å². The van der Waals surface area contributed by atoms with Crippen LogP contribution in [0.4, 0.5) is 0 Å². The molecule has 13 heavy (non-hydrogen) atoms. The molecular formula is C9H15NO2S. The zero-order valence-corrected chi connectivity index (χ0v) is 8.84. The summed E-state index contributed by atoms with van der Waals surface area (Å²) in [4.78, 5) is 4.10. The zero-order valence-electron chi connectivity index (χ0n) is 8.03. The van der Waals surface area contributed by atoms with E-state index < -0.39 is 0 Å². The minimum absolute atomic E-state index is 0.0289. The molecule has 74 valence electrons. The van der Waals surface area contributed by atoms with Gasteiger partial charge in [-0.05, 0) is 31.5 Å². The molecule has 0 aliphatic heterocycles. The van der Waals surface area contributed by atoms with Crippen molar-refractivity contribution in [2.45, 2.75) is 37.5 Å². The zero-order chi connectivity index (χ0) is 9.68. The van der Waals surface area contributed by atoms with E-state index in [1.54, 1.807) is 14.2 Å². The first kappa shape index (κ1) is 10.8. The summed E-state index contributed by atoms with van der Waals surface area (Å²) < 4.78 is 10.7. The smallest absolute Gasteiger partial charge is 0.112 e. The van der Waals surface area contributed by atoms with Crippen LogP contribution in [0.3, 0.4) is 0 Å². The number of hydrogen-bond donors (Lipinski definition) is 0. The van der Waals surface area contributed by atoms with E-state index in [0.717, 1.165) is 19.3 Å². The lowest BCUT2D eigenvalue weighted by Gasteiger charge is -2.32. The lowest BCUT2D eigenvalue weighted by atomic mass is 9.90. The van der Waals surface area contributed by atoms with E-state index in [4.69, 9.17) is 9.47 Å².